The van der Waals surface area contributed by atoms with Crippen LogP contribution in [0.5, 0.6) is 0 Å². The molecule has 0 atom stereocenters. The van der Waals surface area contributed by atoms with Gasteiger partial charge in [-0.15, -0.1) is 11.3 Å². The molecule has 0 fully saturated rings. The first-order valence-electron chi connectivity index (χ1n) is 5.66. The second kappa shape index (κ2) is 5.27. The number of rotatable bonds is 2. The van der Waals surface area contributed by atoms with Crippen LogP contribution >= 0.6 is 22.9 Å². The molecular formula is C13H13ClN2O2S. The van der Waals surface area contributed by atoms with Crippen LogP contribution < -0.4 is 0 Å². The quantitative estimate of drug-likeness (QED) is 0.791. The Balaban J connectivity index is 2.19. The molecule has 0 saturated carbocycles. The van der Waals surface area contributed by atoms with Crippen molar-refractivity contribution in [2.45, 2.75) is 26.4 Å². The fourth-order valence-corrected chi connectivity index (χ4v) is 2.19. The zero-order valence-corrected chi connectivity index (χ0v) is 12.4. The summed E-state index contributed by atoms with van der Waals surface area (Å²) in [7, 11) is 0. The number of pyridine rings is 1. The van der Waals surface area contributed by atoms with Gasteiger partial charge < -0.3 is 4.74 Å². The number of carbonyl (C=O) groups excluding carboxylic acids is 1. The van der Waals surface area contributed by atoms with Gasteiger partial charge in [0.2, 0.25) is 0 Å². The Bertz CT molecular complexity index is 587. The van der Waals surface area contributed by atoms with Gasteiger partial charge in [0.05, 0.1) is 10.7 Å². The van der Waals surface area contributed by atoms with Gasteiger partial charge in [0.1, 0.15) is 10.6 Å². The molecule has 0 radical (unpaired) electrons. The third kappa shape index (κ3) is 3.75. The highest BCUT2D eigenvalue weighted by molar-refractivity contribution is 7.13. The van der Waals surface area contributed by atoms with Gasteiger partial charge in [0.25, 0.3) is 0 Å². The molecule has 0 aromatic carbocycles. The van der Waals surface area contributed by atoms with E-state index in [-0.39, 0.29) is 0 Å². The highest BCUT2D eigenvalue weighted by Crippen LogP contribution is 2.23. The van der Waals surface area contributed by atoms with Gasteiger partial charge in [-0.05, 0) is 32.9 Å². The van der Waals surface area contributed by atoms with E-state index >= 15 is 0 Å². The molecule has 0 unspecified atom stereocenters. The number of aromatic nitrogens is 2. The Kier molecular flexibility index (Phi) is 3.87. The molecule has 0 spiro atoms. The second-order valence-corrected chi connectivity index (χ2v) is 6.20. The summed E-state index contributed by atoms with van der Waals surface area (Å²) >= 11 is 7.12. The largest absolute Gasteiger partial charge is 0.455 e. The molecule has 0 N–H and O–H groups in total. The summed E-state index contributed by atoms with van der Waals surface area (Å²) in [5, 5.41) is 2.89. The van der Waals surface area contributed by atoms with Crippen molar-refractivity contribution in [1.82, 2.24) is 9.97 Å². The van der Waals surface area contributed by atoms with Gasteiger partial charge in [0.15, 0.2) is 5.69 Å². The van der Waals surface area contributed by atoms with E-state index in [1.165, 1.54) is 11.3 Å². The maximum absolute atomic E-state index is 11.8. The van der Waals surface area contributed by atoms with E-state index in [1.54, 1.807) is 23.7 Å². The van der Waals surface area contributed by atoms with Gasteiger partial charge in [-0.1, -0.05) is 11.6 Å². The van der Waals surface area contributed by atoms with Crippen LogP contribution in [0.25, 0.3) is 10.7 Å². The second-order valence-electron chi connectivity index (χ2n) is 4.90. The zero-order chi connectivity index (χ0) is 14.0. The molecule has 4 nitrogen and oxygen atoms in total. The molecule has 100 valence electrons. The van der Waals surface area contributed by atoms with Gasteiger partial charge in [-0.25, -0.2) is 9.78 Å². The molecule has 2 aromatic heterocycles. The number of halogens is 1. The molecule has 0 aliphatic carbocycles. The maximum atomic E-state index is 11.8. The van der Waals surface area contributed by atoms with E-state index in [9.17, 15) is 4.79 Å². The molecule has 0 aliphatic heterocycles. The maximum Gasteiger partial charge on any atom is 0.358 e. The van der Waals surface area contributed by atoms with Gasteiger partial charge in [-0.2, -0.15) is 0 Å². The molecule has 2 aromatic rings. The Morgan fingerprint density at radius 3 is 2.68 bits per heavy atom. The molecule has 0 saturated heterocycles. The predicted octanol–water partition coefficient (Wildman–Crippen LogP) is 3.81. The molecule has 19 heavy (non-hydrogen) atoms. The van der Waals surface area contributed by atoms with E-state index in [0.29, 0.717) is 21.4 Å². The number of nitrogens with zero attached hydrogens (tertiary/aromatic N) is 2. The highest BCUT2D eigenvalue weighted by atomic mass is 35.5. The smallest absolute Gasteiger partial charge is 0.358 e. The van der Waals surface area contributed by atoms with Crippen LogP contribution in [0.3, 0.4) is 0 Å². The number of hydrogen-bond acceptors (Lipinski definition) is 5. The number of hydrogen-bond donors (Lipinski definition) is 0. The minimum Gasteiger partial charge on any atom is -0.455 e. The van der Waals surface area contributed by atoms with E-state index in [4.69, 9.17) is 16.3 Å². The van der Waals surface area contributed by atoms with Crippen LogP contribution in [0.2, 0.25) is 5.02 Å². The lowest BCUT2D eigenvalue weighted by atomic mass is 10.2. The molecule has 2 heterocycles. The van der Waals surface area contributed by atoms with Gasteiger partial charge >= 0.3 is 5.97 Å². The van der Waals surface area contributed by atoms with Crippen molar-refractivity contribution in [1.29, 1.82) is 0 Å². The van der Waals surface area contributed by atoms with Crippen LogP contribution in [-0.4, -0.2) is 21.5 Å². The summed E-state index contributed by atoms with van der Waals surface area (Å²) in [6.45, 7) is 5.46. The van der Waals surface area contributed by atoms with Crippen molar-refractivity contribution < 1.29 is 9.53 Å². The SMILES string of the molecule is CC(C)(C)OC(=O)c1csc(-c2ccc(Cl)cn2)n1. The van der Waals surface area contributed by atoms with Gasteiger partial charge in [0, 0.05) is 11.6 Å². The normalized spacial score (nSPS) is 11.4. The summed E-state index contributed by atoms with van der Waals surface area (Å²) in [6, 6.07) is 3.50. The number of ether oxygens (including phenoxy) is 1. The molecule has 0 bridgehead atoms. The van der Waals surface area contributed by atoms with E-state index < -0.39 is 11.6 Å². The average Bonchev–Trinajstić information content (AvgIpc) is 2.77. The number of thiazole rings is 1. The summed E-state index contributed by atoms with van der Waals surface area (Å²) in [5.41, 5.74) is 0.454. The van der Waals surface area contributed by atoms with E-state index in [1.807, 2.05) is 20.8 Å². The summed E-state index contributed by atoms with van der Waals surface area (Å²) in [5.74, 6) is -0.427. The van der Waals surface area contributed by atoms with E-state index in [0.717, 1.165) is 0 Å². The Labute approximate surface area is 120 Å². The lowest BCUT2D eigenvalue weighted by Crippen LogP contribution is -2.24. The fourth-order valence-electron chi connectivity index (χ4n) is 1.32. The number of carbonyl (C=O) groups is 1. The lowest BCUT2D eigenvalue weighted by Gasteiger charge is -2.18. The monoisotopic (exact) mass is 296 g/mol. The first kappa shape index (κ1) is 14.0. The number of esters is 1. The third-order valence-corrected chi connectivity index (χ3v) is 3.15. The van der Waals surface area contributed by atoms with Crippen LogP contribution in [0.15, 0.2) is 23.7 Å². The Morgan fingerprint density at radius 1 is 1.37 bits per heavy atom. The van der Waals surface area contributed by atoms with Crippen LogP contribution in [0, 0.1) is 0 Å². The molecule has 2 rings (SSSR count). The van der Waals surface area contributed by atoms with Crippen molar-refractivity contribution in [3.8, 4) is 10.7 Å². The fraction of sp³-hybridized carbons (Fsp3) is 0.308. The van der Waals surface area contributed by atoms with Crippen molar-refractivity contribution >= 4 is 28.9 Å². The van der Waals surface area contributed by atoms with Gasteiger partial charge in [-0.3, -0.25) is 4.98 Å². The Hall–Kier alpha value is -1.46. The highest BCUT2D eigenvalue weighted by Gasteiger charge is 2.20. The van der Waals surface area contributed by atoms with Crippen molar-refractivity contribution in [2.75, 3.05) is 0 Å². The Morgan fingerprint density at radius 2 is 2.11 bits per heavy atom. The van der Waals surface area contributed by atoms with Crippen molar-refractivity contribution in [3.05, 3.63) is 34.4 Å². The van der Waals surface area contributed by atoms with Crippen molar-refractivity contribution in [3.63, 3.8) is 0 Å². The zero-order valence-electron chi connectivity index (χ0n) is 10.8. The standard InChI is InChI=1S/C13H13ClN2O2S/c1-13(2,3)18-12(17)10-7-19-11(16-10)9-5-4-8(14)6-15-9/h4-7H,1-3H3. The topological polar surface area (TPSA) is 52.1 Å². The van der Waals surface area contributed by atoms with Crippen molar-refractivity contribution in [2.24, 2.45) is 0 Å². The average molecular weight is 297 g/mol. The first-order chi connectivity index (χ1) is 8.85. The minimum atomic E-state index is -0.528. The third-order valence-electron chi connectivity index (χ3n) is 2.06. The summed E-state index contributed by atoms with van der Waals surface area (Å²) in [6.07, 6.45) is 1.55. The summed E-state index contributed by atoms with van der Waals surface area (Å²) in [4.78, 5) is 20.2. The molecule has 6 heteroatoms. The molecular weight excluding hydrogens is 284 g/mol. The summed E-state index contributed by atoms with van der Waals surface area (Å²) < 4.78 is 5.26. The minimum absolute atomic E-state index is 0.298. The van der Waals surface area contributed by atoms with E-state index in [2.05, 4.69) is 9.97 Å². The van der Waals surface area contributed by atoms with Crippen LogP contribution in [-0.2, 0) is 4.74 Å². The molecule has 0 amide bonds. The lowest BCUT2D eigenvalue weighted by molar-refractivity contribution is 0.00638. The predicted molar refractivity (Wildman–Crippen MR) is 75.5 cm³/mol. The molecule has 0 aliphatic rings. The van der Waals surface area contributed by atoms with Crippen LogP contribution in [0.4, 0.5) is 0 Å². The van der Waals surface area contributed by atoms with Crippen LogP contribution in [0.1, 0.15) is 31.3 Å². The first-order valence-corrected chi connectivity index (χ1v) is 6.92.